The molecule has 3 unspecified atom stereocenters. The van der Waals surface area contributed by atoms with Gasteiger partial charge in [-0.15, -0.1) is 0 Å². The first-order chi connectivity index (χ1) is 13.2. The second-order valence-corrected chi connectivity index (χ2v) is 7.35. The van der Waals surface area contributed by atoms with Crippen LogP contribution in [0.5, 0.6) is 0 Å². The lowest BCUT2D eigenvalue weighted by Gasteiger charge is -2.34. The Morgan fingerprint density at radius 3 is 1.11 bits per heavy atom. The zero-order valence-electron chi connectivity index (χ0n) is 16.6. The van der Waals surface area contributed by atoms with Gasteiger partial charge in [-0.05, 0) is 0 Å². The molecule has 0 saturated carbocycles. The van der Waals surface area contributed by atoms with Gasteiger partial charge in [0.25, 0.3) is 0 Å². The summed E-state index contributed by atoms with van der Waals surface area (Å²) < 4.78 is 0. The van der Waals surface area contributed by atoms with Crippen LogP contribution in [0.3, 0.4) is 0 Å². The molecule has 11 N–H and O–H groups in total. The van der Waals surface area contributed by atoms with Crippen LogP contribution >= 0.6 is 0 Å². The third-order valence-corrected chi connectivity index (χ3v) is 4.65. The zero-order chi connectivity index (χ0) is 21.1. The second-order valence-electron chi connectivity index (χ2n) is 7.35. The summed E-state index contributed by atoms with van der Waals surface area (Å²) in [5.74, 6) is -0.411. The molecule has 0 aromatic carbocycles. The number of nitrogens with zero attached hydrogens (tertiary/aromatic N) is 4. The Morgan fingerprint density at radius 2 is 0.893 bits per heavy atom. The van der Waals surface area contributed by atoms with E-state index in [0.717, 1.165) is 0 Å². The first-order valence-electron chi connectivity index (χ1n) is 9.64. The van der Waals surface area contributed by atoms with Crippen molar-refractivity contribution < 1.29 is 20.1 Å². The first kappa shape index (κ1) is 25.1. The van der Waals surface area contributed by atoms with Gasteiger partial charge in [-0.25, -0.2) is 0 Å². The maximum Gasteiger partial charge on any atom is 0.231 e. The van der Waals surface area contributed by atoms with Crippen molar-refractivity contribution >= 4 is 5.91 Å². The smallest absolute Gasteiger partial charge is 0.231 e. The van der Waals surface area contributed by atoms with Crippen molar-refractivity contribution in [1.82, 2.24) is 19.6 Å². The van der Waals surface area contributed by atoms with Crippen molar-refractivity contribution in [2.75, 3.05) is 78.5 Å². The molecule has 0 bridgehead atoms. The Kier molecular flexibility index (Phi) is 11.9. The summed E-state index contributed by atoms with van der Waals surface area (Å²) in [4.78, 5) is 19.4. The Labute approximate surface area is 166 Å². The van der Waals surface area contributed by atoms with Crippen LogP contribution in [0, 0.1) is 0 Å². The highest BCUT2D eigenvalue weighted by molar-refractivity contribution is 5.75. The largest absolute Gasteiger partial charge is 0.377 e. The Bertz CT molecular complexity index is 415. The quantitative estimate of drug-likeness (QED) is 0.190. The topological polar surface area (TPSA) is 195 Å². The van der Waals surface area contributed by atoms with Gasteiger partial charge >= 0.3 is 0 Å². The van der Waals surface area contributed by atoms with Gasteiger partial charge < -0.3 is 38.3 Å². The molecule has 1 heterocycles. The summed E-state index contributed by atoms with van der Waals surface area (Å²) in [7, 11) is 0. The fourth-order valence-electron chi connectivity index (χ4n) is 3.30. The fourth-order valence-corrected chi connectivity index (χ4v) is 3.30. The molecule has 0 spiro atoms. The molecule has 3 atom stereocenters. The molecule has 1 fully saturated rings. The molecule has 1 amide bonds. The third kappa shape index (κ3) is 11.8. The third-order valence-electron chi connectivity index (χ3n) is 4.65. The minimum atomic E-state index is -0.965. The van der Waals surface area contributed by atoms with Crippen molar-refractivity contribution in [2.24, 2.45) is 22.9 Å². The Morgan fingerprint density at radius 1 is 0.643 bits per heavy atom. The van der Waals surface area contributed by atoms with Crippen LogP contribution in [0.25, 0.3) is 0 Å². The number of primary amides is 1. The van der Waals surface area contributed by atoms with E-state index in [2.05, 4.69) is 0 Å². The first-order valence-corrected chi connectivity index (χ1v) is 9.64. The fraction of sp³-hybridized carbons (Fsp3) is 0.938. The number of carbonyl (C=O) groups is 1. The lowest BCUT2D eigenvalue weighted by Crippen LogP contribution is -2.51. The number of β-amino-alcohol motifs (C(OH)–C–C–N with tert-alkyl or cyclic N) is 3. The van der Waals surface area contributed by atoms with E-state index < -0.39 is 24.6 Å². The molecule has 0 aromatic rings. The Hall–Kier alpha value is -0.930. The minimum Gasteiger partial charge on any atom is -0.377 e. The lowest BCUT2D eigenvalue weighted by molar-refractivity contribution is -0.119. The van der Waals surface area contributed by atoms with Crippen molar-refractivity contribution in [3.63, 3.8) is 0 Å². The van der Waals surface area contributed by atoms with Crippen LogP contribution in [0.15, 0.2) is 0 Å². The molecular weight excluding hydrogens is 368 g/mol. The van der Waals surface area contributed by atoms with Crippen LogP contribution in [0.1, 0.15) is 0 Å². The van der Waals surface area contributed by atoms with Gasteiger partial charge in [0, 0.05) is 72.0 Å². The monoisotopic (exact) mass is 406 g/mol. The molecule has 1 saturated heterocycles. The summed E-state index contributed by atoms with van der Waals surface area (Å²) in [6, 6.07) is 0. The summed E-state index contributed by atoms with van der Waals surface area (Å²) in [5.41, 5.74) is 22.0. The minimum absolute atomic E-state index is 0.129. The number of hydrogen-bond donors (Lipinski definition) is 7. The average Bonchev–Trinajstić information content (AvgIpc) is 2.55. The van der Waals surface area contributed by atoms with Crippen LogP contribution in [-0.2, 0) is 4.79 Å². The van der Waals surface area contributed by atoms with E-state index in [1.165, 1.54) is 0 Å². The maximum absolute atomic E-state index is 11.4. The van der Waals surface area contributed by atoms with Gasteiger partial charge in [0.2, 0.25) is 5.91 Å². The van der Waals surface area contributed by atoms with E-state index in [1.54, 1.807) is 0 Å². The van der Waals surface area contributed by atoms with Crippen LogP contribution in [-0.4, -0.2) is 138 Å². The van der Waals surface area contributed by atoms with E-state index >= 15 is 0 Å². The molecule has 166 valence electrons. The SMILES string of the molecule is NC(=O)CN1CCN(CC(N)O)CCN(CC(N)O)CCN(CC(N)O)CC1. The molecular formula is C16H38N8O4. The van der Waals surface area contributed by atoms with Gasteiger partial charge in [-0.3, -0.25) is 24.4 Å². The van der Waals surface area contributed by atoms with Gasteiger partial charge in [0.15, 0.2) is 0 Å². The molecule has 0 aromatic heterocycles. The highest BCUT2D eigenvalue weighted by atomic mass is 16.3. The van der Waals surface area contributed by atoms with Gasteiger partial charge in [-0.2, -0.15) is 0 Å². The summed E-state index contributed by atoms with van der Waals surface area (Å²) in [6.45, 7) is 5.86. The molecule has 12 nitrogen and oxygen atoms in total. The van der Waals surface area contributed by atoms with Crippen LogP contribution < -0.4 is 22.9 Å². The second kappa shape index (κ2) is 13.3. The maximum atomic E-state index is 11.4. The van der Waals surface area contributed by atoms with E-state index in [4.69, 9.17) is 22.9 Å². The van der Waals surface area contributed by atoms with Crippen molar-refractivity contribution in [2.45, 2.75) is 18.7 Å². The highest BCUT2D eigenvalue weighted by Crippen LogP contribution is 2.02. The van der Waals surface area contributed by atoms with Crippen LogP contribution in [0.2, 0.25) is 0 Å². The van der Waals surface area contributed by atoms with Crippen molar-refractivity contribution in [1.29, 1.82) is 0 Å². The molecule has 1 rings (SSSR count). The normalized spacial score (nSPS) is 23.5. The number of amides is 1. The number of rotatable bonds is 8. The molecule has 0 radical (unpaired) electrons. The molecule has 1 aliphatic heterocycles. The lowest BCUT2D eigenvalue weighted by atomic mass is 10.3. The zero-order valence-corrected chi connectivity index (χ0v) is 16.6. The van der Waals surface area contributed by atoms with E-state index in [-0.39, 0.29) is 6.54 Å². The Balaban J connectivity index is 2.86. The summed E-state index contributed by atoms with van der Waals surface area (Å²) in [6.07, 6.45) is -2.89. The van der Waals surface area contributed by atoms with Gasteiger partial charge in [0.05, 0.1) is 6.54 Å². The van der Waals surface area contributed by atoms with E-state index in [0.29, 0.717) is 72.0 Å². The average molecular weight is 407 g/mol. The van der Waals surface area contributed by atoms with Crippen molar-refractivity contribution in [3.05, 3.63) is 0 Å². The summed E-state index contributed by atoms with van der Waals surface area (Å²) in [5, 5.41) is 28.7. The van der Waals surface area contributed by atoms with E-state index in [1.807, 2.05) is 19.6 Å². The number of nitrogens with two attached hydrogens (primary N) is 4. The molecule has 1 aliphatic rings. The number of aliphatic hydroxyl groups is 3. The number of carbonyl (C=O) groups excluding carboxylic acids is 1. The molecule has 12 heteroatoms. The van der Waals surface area contributed by atoms with Gasteiger partial charge in [-0.1, -0.05) is 0 Å². The summed E-state index contributed by atoms with van der Waals surface area (Å²) >= 11 is 0. The van der Waals surface area contributed by atoms with E-state index in [9.17, 15) is 20.1 Å². The van der Waals surface area contributed by atoms with Gasteiger partial charge in [0.1, 0.15) is 18.7 Å². The predicted molar refractivity (Wildman–Crippen MR) is 106 cm³/mol. The predicted octanol–water partition coefficient (Wildman–Crippen LogP) is -5.48. The number of hydrogen-bond acceptors (Lipinski definition) is 11. The highest BCUT2D eigenvalue weighted by Gasteiger charge is 2.19. The van der Waals surface area contributed by atoms with Crippen molar-refractivity contribution in [3.8, 4) is 0 Å². The number of aliphatic hydroxyl groups excluding tert-OH is 3. The molecule has 28 heavy (non-hydrogen) atoms. The standard InChI is InChI=1S/C16H38N8O4/c17-13(25)9-21-1-2-22(10-14(18)26)5-6-24(12-16(20)28)8-7-23(4-3-21)11-15(19)27/h13-15,25-27H,1-12,17-19H2,(H2,20,28). The van der Waals surface area contributed by atoms with Crippen LogP contribution in [0.4, 0.5) is 0 Å². The molecule has 0 aliphatic carbocycles.